The lowest BCUT2D eigenvalue weighted by molar-refractivity contribution is -0.129. The summed E-state index contributed by atoms with van der Waals surface area (Å²) in [5.74, 6) is 0.535. The molecule has 3 aromatic heterocycles. The van der Waals surface area contributed by atoms with Gasteiger partial charge in [0.15, 0.2) is 5.60 Å². The van der Waals surface area contributed by atoms with E-state index in [-0.39, 0.29) is 11.8 Å². The minimum Gasteiger partial charge on any atom is -0.476 e. The van der Waals surface area contributed by atoms with Crippen molar-refractivity contribution in [1.29, 1.82) is 0 Å². The molecule has 0 unspecified atom stereocenters. The SMILES string of the molecule is CCOCCCn1c(NC(=O)c2ccc(-c3ccncc3)s2)nc2cc3c(cc21)OC(C)(C)C(=O)N3. The van der Waals surface area contributed by atoms with Crippen LogP contribution in [0.1, 0.15) is 36.9 Å². The average Bonchev–Trinajstić information content (AvgIpc) is 3.47. The lowest BCUT2D eigenvalue weighted by Gasteiger charge is -2.31. The Kier molecular flexibility index (Phi) is 6.46. The Morgan fingerprint density at radius 1 is 1.22 bits per heavy atom. The normalized spacial score (nSPS) is 14.2. The van der Waals surface area contributed by atoms with Crippen LogP contribution < -0.4 is 15.4 Å². The number of carbonyl (C=O) groups is 2. The second-order valence-electron chi connectivity index (χ2n) is 8.90. The predicted octanol–water partition coefficient (Wildman–Crippen LogP) is 4.95. The molecule has 2 amide bonds. The largest absolute Gasteiger partial charge is 0.476 e. The van der Waals surface area contributed by atoms with Crippen LogP contribution in [0.3, 0.4) is 0 Å². The third kappa shape index (κ3) is 4.69. The smallest absolute Gasteiger partial charge is 0.268 e. The average molecular weight is 506 g/mol. The van der Waals surface area contributed by atoms with E-state index in [2.05, 4.69) is 15.6 Å². The summed E-state index contributed by atoms with van der Waals surface area (Å²) < 4.78 is 13.4. The van der Waals surface area contributed by atoms with Crippen LogP contribution in [-0.2, 0) is 16.1 Å². The summed E-state index contributed by atoms with van der Waals surface area (Å²) in [7, 11) is 0. The van der Waals surface area contributed by atoms with Gasteiger partial charge in [-0.2, -0.15) is 0 Å². The van der Waals surface area contributed by atoms with E-state index in [0.29, 0.717) is 47.5 Å². The molecule has 1 aliphatic heterocycles. The Hall–Kier alpha value is -3.76. The molecule has 0 saturated carbocycles. The maximum absolute atomic E-state index is 13.2. The van der Waals surface area contributed by atoms with E-state index in [9.17, 15) is 9.59 Å². The molecule has 2 N–H and O–H groups in total. The van der Waals surface area contributed by atoms with Crippen molar-refractivity contribution < 1.29 is 19.1 Å². The molecule has 0 bridgehead atoms. The van der Waals surface area contributed by atoms with Gasteiger partial charge in [0.25, 0.3) is 11.8 Å². The molecule has 5 rings (SSSR count). The zero-order valence-corrected chi connectivity index (χ0v) is 21.1. The van der Waals surface area contributed by atoms with Crippen molar-refractivity contribution in [1.82, 2.24) is 14.5 Å². The third-order valence-corrected chi connectivity index (χ3v) is 7.04. The molecule has 0 radical (unpaired) electrons. The van der Waals surface area contributed by atoms with Crippen LogP contribution in [0.5, 0.6) is 5.75 Å². The zero-order chi connectivity index (χ0) is 25.3. The first kappa shape index (κ1) is 24.0. The first-order chi connectivity index (χ1) is 17.4. The molecule has 0 spiro atoms. The number of nitrogens with zero attached hydrogens (tertiary/aromatic N) is 3. The molecule has 0 fully saturated rings. The second kappa shape index (κ2) is 9.71. The summed E-state index contributed by atoms with van der Waals surface area (Å²) in [6, 6.07) is 11.2. The fraction of sp³-hybridized carbons (Fsp3) is 0.308. The van der Waals surface area contributed by atoms with Crippen molar-refractivity contribution in [3.63, 3.8) is 0 Å². The molecule has 36 heavy (non-hydrogen) atoms. The second-order valence-corrected chi connectivity index (χ2v) is 9.98. The maximum atomic E-state index is 13.2. The number of amides is 2. The van der Waals surface area contributed by atoms with Gasteiger partial charge in [-0.05, 0) is 63.1 Å². The van der Waals surface area contributed by atoms with E-state index in [4.69, 9.17) is 14.5 Å². The summed E-state index contributed by atoms with van der Waals surface area (Å²) in [5.41, 5.74) is 2.03. The van der Waals surface area contributed by atoms with Gasteiger partial charge in [0.2, 0.25) is 5.95 Å². The summed E-state index contributed by atoms with van der Waals surface area (Å²) >= 11 is 1.41. The number of aromatic nitrogens is 3. The van der Waals surface area contributed by atoms with Gasteiger partial charge in [0, 0.05) is 43.1 Å². The van der Waals surface area contributed by atoms with Crippen LogP contribution in [0.15, 0.2) is 48.8 Å². The maximum Gasteiger partial charge on any atom is 0.268 e. The van der Waals surface area contributed by atoms with E-state index in [1.807, 2.05) is 41.8 Å². The van der Waals surface area contributed by atoms with Crippen molar-refractivity contribution in [2.75, 3.05) is 23.8 Å². The van der Waals surface area contributed by atoms with Crippen LogP contribution in [0.25, 0.3) is 21.5 Å². The zero-order valence-electron chi connectivity index (χ0n) is 20.3. The molecule has 186 valence electrons. The summed E-state index contributed by atoms with van der Waals surface area (Å²) in [5, 5.41) is 5.87. The number of hydrogen-bond donors (Lipinski definition) is 2. The molecule has 1 aromatic carbocycles. The lowest BCUT2D eigenvalue weighted by Crippen LogP contribution is -2.45. The first-order valence-corrected chi connectivity index (χ1v) is 12.6. The number of aryl methyl sites for hydroxylation is 1. The molecule has 0 aliphatic carbocycles. The van der Waals surface area contributed by atoms with E-state index in [0.717, 1.165) is 22.4 Å². The van der Waals surface area contributed by atoms with Crippen LogP contribution >= 0.6 is 11.3 Å². The number of imidazole rings is 1. The van der Waals surface area contributed by atoms with Crippen molar-refractivity contribution in [3.8, 4) is 16.2 Å². The van der Waals surface area contributed by atoms with Crippen molar-refractivity contribution in [2.45, 2.75) is 39.3 Å². The van der Waals surface area contributed by atoms with E-state index in [1.165, 1.54) is 11.3 Å². The molecule has 10 heteroatoms. The number of fused-ring (bicyclic) bond motifs is 2. The highest BCUT2D eigenvalue weighted by Crippen LogP contribution is 2.38. The fourth-order valence-corrected chi connectivity index (χ4v) is 4.92. The molecule has 1 aliphatic rings. The predicted molar refractivity (Wildman–Crippen MR) is 140 cm³/mol. The Morgan fingerprint density at radius 2 is 2.03 bits per heavy atom. The van der Waals surface area contributed by atoms with Crippen LogP contribution in [0.4, 0.5) is 11.6 Å². The van der Waals surface area contributed by atoms with E-state index >= 15 is 0 Å². The number of hydrogen-bond acceptors (Lipinski definition) is 7. The van der Waals surface area contributed by atoms with Crippen molar-refractivity contribution in [3.05, 3.63) is 53.7 Å². The molecule has 0 saturated heterocycles. The van der Waals surface area contributed by atoms with Crippen LogP contribution in [0, 0.1) is 0 Å². The van der Waals surface area contributed by atoms with Crippen LogP contribution in [0.2, 0.25) is 0 Å². The van der Waals surface area contributed by atoms with Gasteiger partial charge in [-0.1, -0.05) is 0 Å². The van der Waals surface area contributed by atoms with Gasteiger partial charge in [-0.15, -0.1) is 11.3 Å². The van der Waals surface area contributed by atoms with Gasteiger partial charge >= 0.3 is 0 Å². The number of anilines is 2. The molecule has 9 nitrogen and oxygen atoms in total. The highest BCUT2D eigenvalue weighted by Gasteiger charge is 2.36. The Balaban J connectivity index is 1.46. The summed E-state index contributed by atoms with van der Waals surface area (Å²) in [4.78, 5) is 35.8. The molecule has 4 heterocycles. The van der Waals surface area contributed by atoms with Crippen molar-refractivity contribution >= 4 is 45.8 Å². The first-order valence-electron chi connectivity index (χ1n) is 11.8. The van der Waals surface area contributed by atoms with E-state index in [1.54, 1.807) is 32.3 Å². The topological polar surface area (TPSA) is 107 Å². The number of benzene rings is 1. The quantitative estimate of drug-likeness (QED) is 0.328. The summed E-state index contributed by atoms with van der Waals surface area (Å²) in [6.07, 6.45) is 4.20. The number of rotatable bonds is 8. The molecule has 0 atom stereocenters. The monoisotopic (exact) mass is 505 g/mol. The fourth-order valence-electron chi connectivity index (χ4n) is 4.01. The lowest BCUT2D eigenvalue weighted by atomic mass is 10.1. The number of nitrogens with one attached hydrogen (secondary N) is 2. The molecular weight excluding hydrogens is 478 g/mol. The highest BCUT2D eigenvalue weighted by atomic mass is 32.1. The van der Waals surface area contributed by atoms with Gasteiger partial charge in [-0.3, -0.25) is 19.9 Å². The highest BCUT2D eigenvalue weighted by molar-refractivity contribution is 7.17. The standard InChI is InChI=1S/C26H27N5O4S/c1-4-34-13-5-12-31-19-15-20-18(28-24(33)26(2,3)35-20)14-17(19)29-25(31)30-23(32)22-7-6-21(36-22)16-8-10-27-11-9-16/h6-11,14-15H,4-5,12-13H2,1-3H3,(H,28,33)(H,29,30,32). The van der Waals surface area contributed by atoms with Gasteiger partial charge < -0.3 is 19.4 Å². The minimum atomic E-state index is -0.983. The number of ether oxygens (including phenoxy) is 2. The minimum absolute atomic E-state index is 0.221. The Morgan fingerprint density at radius 3 is 2.81 bits per heavy atom. The number of pyridine rings is 1. The summed E-state index contributed by atoms with van der Waals surface area (Å²) in [6.45, 7) is 7.23. The van der Waals surface area contributed by atoms with Crippen molar-refractivity contribution in [2.24, 2.45) is 0 Å². The van der Waals surface area contributed by atoms with Gasteiger partial charge in [0.05, 0.1) is 21.6 Å². The Labute approximate surface area is 212 Å². The molecule has 4 aromatic rings. The third-order valence-electron chi connectivity index (χ3n) is 5.90. The van der Waals surface area contributed by atoms with Crippen LogP contribution in [-0.4, -0.2) is 45.2 Å². The van der Waals surface area contributed by atoms with E-state index < -0.39 is 5.60 Å². The Bertz CT molecular complexity index is 1430. The number of carbonyl (C=O) groups excluding carboxylic acids is 2. The molecular formula is C26H27N5O4S. The number of thiophene rings is 1. The van der Waals surface area contributed by atoms with Gasteiger partial charge in [-0.25, -0.2) is 4.98 Å². The van der Waals surface area contributed by atoms with Gasteiger partial charge in [0.1, 0.15) is 5.75 Å².